The van der Waals surface area contributed by atoms with Gasteiger partial charge in [0.05, 0.1) is 18.5 Å². The van der Waals surface area contributed by atoms with Gasteiger partial charge in [0.1, 0.15) is 0 Å². The van der Waals surface area contributed by atoms with Crippen molar-refractivity contribution in [3.8, 4) is 0 Å². The molecule has 1 unspecified atom stereocenters. The molecule has 2 N–H and O–H groups in total. The molecule has 0 radical (unpaired) electrons. The van der Waals surface area contributed by atoms with Crippen molar-refractivity contribution in [3.05, 3.63) is 0 Å². The molecule has 0 spiro atoms. The smallest absolute Gasteiger partial charge is 0.232 e. The molecule has 1 fully saturated rings. The van der Waals surface area contributed by atoms with Gasteiger partial charge in [-0.25, -0.2) is 0 Å². The lowest BCUT2D eigenvalue weighted by Gasteiger charge is -2.27. The highest BCUT2D eigenvalue weighted by Crippen LogP contribution is 2.10. The molecule has 4 nitrogen and oxygen atoms in total. The Balaban J connectivity index is 2.34. The Morgan fingerprint density at radius 1 is 1.67 bits per heavy atom. The first-order valence-corrected chi connectivity index (χ1v) is 5.04. The molecule has 1 rings (SSSR count). The normalized spacial score (nSPS) is 21.2. The Labute approximate surface area is 75.6 Å². The Kier molecular flexibility index (Phi) is 3.84. The van der Waals surface area contributed by atoms with Crippen LogP contribution < -0.4 is 0 Å². The molecule has 1 aliphatic heterocycles. The van der Waals surface area contributed by atoms with Crippen molar-refractivity contribution in [1.29, 1.82) is 0 Å². The maximum absolute atomic E-state index is 11.2. The number of aliphatic hydroxyl groups is 2. The summed E-state index contributed by atoms with van der Waals surface area (Å²) in [5, 5.41) is 17.6. The number of thioether (sulfide) groups is 1. The lowest BCUT2D eigenvalue weighted by molar-refractivity contribution is -0.130. The van der Waals surface area contributed by atoms with Crippen molar-refractivity contribution >= 4 is 17.7 Å². The zero-order valence-electron chi connectivity index (χ0n) is 6.77. The quantitative estimate of drug-likeness (QED) is 0.595. The van der Waals surface area contributed by atoms with E-state index in [1.165, 1.54) is 0 Å². The first-order valence-electron chi connectivity index (χ1n) is 3.88. The molecule has 0 aromatic carbocycles. The zero-order chi connectivity index (χ0) is 8.97. The van der Waals surface area contributed by atoms with Gasteiger partial charge >= 0.3 is 0 Å². The third-order valence-electron chi connectivity index (χ3n) is 1.73. The number of rotatable bonds is 3. The van der Waals surface area contributed by atoms with E-state index in [0.717, 1.165) is 5.75 Å². The van der Waals surface area contributed by atoms with Crippen molar-refractivity contribution in [3.63, 3.8) is 0 Å². The summed E-state index contributed by atoms with van der Waals surface area (Å²) in [4.78, 5) is 12.8. The Bertz CT molecular complexity index is 165. The Morgan fingerprint density at radius 3 is 3.00 bits per heavy atom. The minimum Gasteiger partial charge on any atom is -0.394 e. The predicted molar refractivity (Wildman–Crippen MR) is 47.0 cm³/mol. The second-order valence-corrected chi connectivity index (χ2v) is 3.83. The summed E-state index contributed by atoms with van der Waals surface area (Å²) in [7, 11) is 0. The van der Waals surface area contributed by atoms with Crippen molar-refractivity contribution in [2.45, 2.75) is 6.10 Å². The van der Waals surface area contributed by atoms with Crippen LogP contribution in [0.15, 0.2) is 0 Å². The summed E-state index contributed by atoms with van der Waals surface area (Å²) >= 11 is 1.61. The van der Waals surface area contributed by atoms with Gasteiger partial charge in [0, 0.05) is 18.8 Å². The molecule has 12 heavy (non-hydrogen) atoms. The van der Waals surface area contributed by atoms with Crippen LogP contribution in [0, 0.1) is 0 Å². The van der Waals surface area contributed by atoms with Gasteiger partial charge in [-0.3, -0.25) is 4.79 Å². The first-order chi connectivity index (χ1) is 5.74. The highest BCUT2D eigenvalue weighted by atomic mass is 32.2. The van der Waals surface area contributed by atoms with Gasteiger partial charge in [-0.2, -0.15) is 11.8 Å². The topological polar surface area (TPSA) is 60.8 Å². The summed E-state index contributed by atoms with van der Waals surface area (Å²) in [6.07, 6.45) is -0.794. The van der Waals surface area contributed by atoms with E-state index >= 15 is 0 Å². The number of β-amino-alcohol motifs (C(OH)–C–C–N with tert-alkyl or cyclic N) is 1. The van der Waals surface area contributed by atoms with E-state index in [1.807, 2.05) is 0 Å². The van der Waals surface area contributed by atoms with Crippen molar-refractivity contribution in [1.82, 2.24) is 4.90 Å². The number of aliphatic hydroxyl groups excluding tert-OH is 2. The number of hydrogen-bond donors (Lipinski definition) is 2. The Hall–Kier alpha value is -0.260. The second kappa shape index (κ2) is 4.69. The molecule has 70 valence electrons. The minimum absolute atomic E-state index is 0.0544. The molecule has 0 aromatic heterocycles. The first kappa shape index (κ1) is 9.83. The van der Waals surface area contributed by atoms with E-state index in [1.54, 1.807) is 16.7 Å². The zero-order valence-corrected chi connectivity index (χ0v) is 7.59. The van der Waals surface area contributed by atoms with E-state index in [-0.39, 0.29) is 19.1 Å². The maximum Gasteiger partial charge on any atom is 0.232 e. The van der Waals surface area contributed by atoms with Crippen LogP contribution in [0.2, 0.25) is 0 Å². The van der Waals surface area contributed by atoms with E-state index < -0.39 is 6.10 Å². The van der Waals surface area contributed by atoms with Crippen molar-refractivity contribution in [2.75, 3.05) is 31.2 Å². The van der Waals surface area contributed by atoms with Gasteiger partial charge < -0.3 is 15.1 Å². The lowest BCUT2D eigenvalue weighted by atomic mass is 10.3. The van der Waals surface area contributed by atoms with Crippen LogP contribution in [-0.2, 0) is 4.79 Å². The number of nitrogens with zero attached hydrogens (tertiary/aromatic N) is 1. The predicted octanol–water partition coefficient (Wildman–Crippen LogP) is -1.09. The molecular weight excluding hydrogens is 178 g/mol. The van der Waals surface area contributed by atoms with E-state index in [4.69, 9.17) is 10.2 Å². The van der Waals surface area contributed by atoms with E-state index in [2.05, 4.69) is 0 Å². The molecule has 1 heterocycles. The van der Waals surface area contributed by atoms with Gasteiger partial charge in [0.15, 0.2) is 0 Å². The van der Waals surface area contributed by atoms with Crippen molar-refractivity contribution in [2.24, 2.45) is 0 Å². The fourth-order valence-corrected chi connectivity index (χ4v) is 1.91. The number of hydrogen-bond acceptors (Lipinski definition) is 4. The van der Waals surface area contributed by atoms with Gasteiger partial charge in [-0.05, 0) is 0 Å². The maximum atomic E-state index is 11.2. The molecule has 1 saturated heterocycles. The average Bonchev–Trinajstić information content (AvgIpc) is 2.09. The molecular formula is C7H13NO3S. The molecule has 5 heteroatoms. The highest BCUT2D eigenvalue weighted by molar-refractivity contribution is 8.00. The molecule has 1 atom stereocenters. The SMILES string of the molecule is O=C1CSCCN1CC(O)CO. The van der Waals surface area contributed by atoms with E-state index in [9.17, 15) is 4.79 Å². The summed E-state index contributed by atoms with van der Waals surface area (Å²) in [5.41, 5.74) is 0. The fourth-order valence-electron chi connectivity index (χ4n) is 1.06. The summed E-state index contributed by atoms with van der Waals surface area (Å²) < 4.78 is 0. The minimum atomic E-state index is -0.794. The molecule has 0 bridgehead atoms. The Morgan fingerprint density at radius 2 is 2.42 bits per heavy atom. The van der Waals surface area contributed by atoms with Crippen LogP contribution in [0.25, 0.3) is 0 Å². The lowest BCUT2D eigenvalue weighted by Crippen LogP contribution is -2.43. The molecule has 1 aliphatic rings. The van der Waals surface area contributed by atoms with Gasteiger partial charge in [0.2, 0.25) is 5.91 Å². The standard InChI is InChI=1S/C7H13NO3S/c9-4-6(10)3-8-1-2-12-5-7(8)11/h6,9-10H,1-5H2. The van der Waals surface area contributed by atoms with E-state index in [0.29, 0.717) is 12.3 Å². The van der Waals surface area contributed by atoms with Gasteiger partial charge in [-0.1, -0.05) is 0 Å². The fraction of sp³-hybridized carbons (Fsp3) is 0.857. The summed E-state index contributed by atoms with van der Waals surface area (Å²) in [6.45, 7) is 0.660. The third kappa shape index (κ3) is 2.66. The highest BCUT2D eigenvalue weighted by Gasteiger charge is 2.20. The second-order valence-electron chi connectivity index (χ2n) is 2.73. The van der Waals surface area contributed by atoms with Crippen LogP contribution in [0.5, 0.6) is 0 Å². The van der Waals surface area contributed by atoms with Crippen LogP contribution in [0.3, 0.4) is 0 Å². The summed E-state index contributed by atoms with van der Waals surface area (Å²) in [6, 6.07) is 0. The van der Waals surface area contributed by atoms with Crippen molar-refractivity contribution < 1.29 is 15.0 Å². The largest absolute Gasteiger partial charge is 0.394 e. The van der Waals surface area contributed by atoms with Gasteiger partial charge in [-0.15, -0.1) is 0 Å². The summed E-state index contributed by atoms with van der Waals surface area (Å²) in [5.74, 6) is 1.47. The van der Waals surface area contributed by atoms with Crippen LogP contribution in [0.1, 0.15) is 0 Å². The molecule has 0 saturated carbocycles. The molecule has 0 aromatic rings. The number of amides is 1. The van der Waals surface area contributed by atoms with Crippen LogP contribution in [0.4, 0.5) is 0 Å². The monoisotopic (exact) mass is 191 g/mol. The molecule has 0 aliphatic carbocycles. The van der Waals surface area contributed by atoms with Gasteiger partial charge in [0.25, 0.3) is 0 Å². The van der Waals surface area contributed by atoms with Crippen LogP contribution in [-0.4, -0.2) is 58.3 Å². The number of carbonyl (C=O) groups is 1. The van der Waals surface area contributed by atoms with Crippen LogP contribution >= 0.6 is 11.8 Å². The average molecular weight is 191 g/mol. The molecule has 1 amide bonds. The number of carbonyl (C=O) groups excluding carboxylic acids is 1. The third-order valence-corrected chi connectivity index (χ3v) is 2.65.